The SMILES string of the molecule is CNC(c1ccsc1C)C1CCC(C(C)(C)C)CC1. The second-order valence-electron chi connectivity index (χ2n) is 7.18. The van der Waals surface area contributed by atoms with Crippen LogP contribution in [0.15, 0.2) is 11.4 Å². The van der Waals surface area contributed by atoms with Gasteiger partial charge in [-0.25, -0.2) is 0 Å². The van der Waals surface area contributed by atoms with Crippen LogP contribution >= 0.6 is 11.3 Å². The van der Waals surface area contributed by atoms with Gasteiger partial charge in [0.25, 0.3) is 0 Å². The van der Waals surface area contributed by atoms with Gasteiger partial charge >= 0.3 is 0 Å². The largest absolute Gasteiger partial charge is 0.313 e. The van der Waals surface area contributed by atoms with Crippen LogP contribution in [0.5, 0.6) is 0 Å². The number of nitrogens with one attached hydrogen (secondary N) is 1. The van der Waals surface area contributed by atoms with Crippen molar-refractivity contribution in [2.75, 3.05) is 7.05 Å². The van der Waals surface area contributed by atoms with Gasteiger partial charge in [0.1, 0.15) is 0 Å². The van der Waals surface area contributed by atoms with E-state index in [1.807, 2.05) is 11.3 Å². The molecule has 1 aliphatic rings. The van der Waals surface area contributed by atoms with Gasteiger partial charge in [-0.3, -0.25) is 0 Å². The smallest absolute Gasteiger partial charge is 0.0357 e. The fourth-order valence-electron chi connectivity index (χ4n) is 3.68. The zero-order valence-electron chi connectivity index (χ0n) is 13.1. The molecular formula is C17H29NS. The Morgan fingerprint density at radius 2 is 1.84 bits per heavy atom. The Morgan fingerprint density at radius 1 is 1.21 bits per heavy atom. The summed E-state index contributed by atoms with van der Waals surface area (Å²) in [7, 11) is 2.12. The van der Waals surface area contributed by atoms with Gasteiger partial charge in [0.2, 0.25) is 0 Å². The maximum atomic E-state index is 3.58. The predicted octanol–water partition coefficient (Wildman–Crippen LogP) is 5.17. The minimum atomic E-state index is 0.485. The zero-order chi connectivity index (χ0) is 14.0. The summed E-state index contributed by atoms with van der Waals surface area (Å²) in [4.78, 5) is 1.48. The lowest BCUT2D eigenvalue weighted by Gasteiger charge is -2.39. The van der Waals surface area contributed by atoms with Crippen LogP contribution in [-0.2, 0) is 0 Å². The van der Waals surface area contributed by atoms with Gasteiger partial charge < -0.3 is 5.32 Å². The molecule has 0 aromatic carbocycles. The lowest BCUT2D eigenvalue weighted by molar-refractivity contribution is 0.134. The standard InChI is InChI=1S/C17H29NS/c1-12-15(10-11-19-12)16(18-5)13-6-8-14(9-7-13)17(2,3)4/h10-11,13-14,16,18H,6-9H2,1-5H3. The van der Waals surface area contributed by atoms with E-state index in [1.54, 1.807) is 0 Å². The summed E-state index contributed by atoms with van der Waals surface area (Å²) >= 11 is 1.88. The first-order valence-electron chi connectivity index (χ1n) is 7.64. The van der Waals surface area contributed by atoms with Gasteiger partial charge in [-0.2, -0.15) is 0 Å². The molecule has 1 nitrogen and oxygen atoms in total. The summed E-state index contributed by atoms with van der Waals surface area (Å²) in [5.41, 5.74) is 2.02. The third-order valence-electron chi connectivity index (χ3n) is 5.01. The third kappa shape index (κ3) is 3.41. The molecule has 2 rings (SSSR count). The Morgan fingerprint density at radius 3 is 2.26 bits per heavy atom. The van der Waals surface area contributed by atoms with E-state index in [0.717, 1.165) is 11.8 Å². The van der Waals surface area contributed by atoms with Gasteiger partial charge in [0.15, 0.2) is 0 Å². The minimum Gasteiger partial charge on any atom is -0.313 e. The van der Waals surface area contributed by atoms with Crippen molar-refractivity contribution in [2.45, 2.75) is 59.4 Å². The highest BCUT2D eigenvalue weighted by Gasteiger charge is 2.33. The summed E-state index contributed by atoms with van der Waals surface area (Å²) in [5.74, 6) is 1.72. The van der Waals surface area contributed by atoms with Crippen LogP contribution in [-0.4, -0.2) is 7.05 Å². The fraction of sp³-hybridized carbons (Fsp3) is 0.765. The molecule has 1 N–H and O–H groups in total. The van der Waals surface area contributed by atoms with Gasteiger partial charge in [0.05, 0.1) is 0 Å². The lowest BCUT2D eigenvalue weighted by atomic mass is 9.68. The van der Waals surface area contributed by atoms with Gasteiger partial charge in [-0.05, 0) is 73.9 Å². The Bertz CT molecular complexity index is 394. The van der Waals surface area contributed by atoms with E-state index in [-0.39, 0.29) is 0 Å². The molecule has 1 saturated carbocycles. The van der Waals surface area contributed by atoms with Crippen molar-refractivity contribution in [3.8, 4) is 0 Å². The van der Waals surface area contributed by atoms with Crippen LogP contribution in [0.3, 0.4) is 0 Å². The first kappa shape index (κ1) is 15.1. The highest BCUT2D eigenvalue weighted by atomic mass is 32.1. The maximum Gasteiger partial charge on any atom is 0.0357 e. The summed E-state index contributed by atoms with van der Waals surface area (Å²) in [6.45, 7) is 9.45. The molecule has 19 heavy (non-hydrogen) atoms. The van der Waals surface area contributed by atoms with Gasteiger partial charge in [-0.1, -0.05) is 20.8 Å². The van der Waals surface area contributed by atoms with E-state index < -0.39 is 0 Å². The van der Waals surface area contributed by atoms with Crippen molar-refractivity contribution in [3.63, 3.8) is 0 Å². The molecule has 0 radical (unpaired) electrons. The van der Waals surface area contributed by atoms with Gasteiger partial charge in [0, 0.05) is 10.9 Å². The van der Waals surface area contributed by atoms with Crippen molar-refractivity contribution in [3.05, 3.63) is 21.9 Å². The highest BCUT2D eigenvalue weighted by Crippen LogP contribution is 2.44. The summed E-state index contributed by atoms with van der Waals surface area (Å²) in [6.07, 6.45) is 5.55. The van der Waals surface area contributed by atoms with E-state index in [0.29, 0.717) is 11.5 Å². The molecule has 0 bridgehead atoms. The second-order valence-corrected chi connectivity index (χ2v) is 8.30. The molecule has 0 aliphatic heterocycles. The van der Waals surface area contributed by atoms with E-state index in [1.165, 1.54) is 36.1 Å². The van der Waals surface area contributed by atoms with E-state index in [9.17, 15) is 0 Å². The monoisotopic (exact) mass is 279 g/mol. The van der Waals surface area contributed by atoms with Crippen LogP contribution in [0.4, 0.5) is 0 Å². The first-order valence-corrected chi connectivity index (χ1v) is 8.52. The van der Waals surface area contributed by atoms with Crippen molar-refractivity contribution in [1.29, 1.82) is 0 Å². The molecule has 1 unspecified atom stereocenters. The van der Waals surface area contributed by atoms with Crippen LogP contribution in [0.1, 0.15) is 62.9 Å². The molecule has 1 heterocycles. The van der Waals surface area contributed by atoms with Crippen LogP contribution in [0.25, 0.3) is 0 Å². The minimum absolute atomic E-state index is 0.485. The Hall–Kier alpha value is -0.340. The average Bonchev–Trinajstić information content (AvgIpc) is 2.76. The van der Waals surface area contributed by atoms with Crippen molar-refractivity contribution in [2.24, 2.45) is 17.3 Å². The number of hydrogen-bond acceptors (Lipinski definition) is 2. The lowest BCUT2D eigenvalue weighted by Crippen LogP contribution is -2.32. The van der Waals surface area contributed by atoms with E-state index in [2.05, 4.69) is 51.5 Å². The molecule has 2 heteroatoms. The molecule has 1 fully saturated rings. The molecule has 1 aromatic heterocycles. The van der Waals surface area contributed by atoms with Crippen molar-refractivity contribution < 1.29 is 0 Å². The predicted molar refractivity (Wildman–Crippen MR) is 85.8 cm³/mol. The zero-order valence-corrected chi connectivity index (χ0v) is 13.9. The Kier molecular flexibility index (Phi) is 4.73. The quantitative estimate of drug-likeness (QED) is 0.805. The Labute approximate surface area is 122 Å². The van der Waals surface area contributed by atoms with Crippen LogP contribution in [0, 0.1) is 24.2 Å². The molecule has 1 aromatic rings. The maximum absolute atomic E-state index is 3.58. The van der Waals surface area contributed by atoms with Crippen molar-refractivity contribution >= 4 is 11.3 Å². The molecule has 0 spiro atoms. The summed E-state index contributed by atoms with van der Waals surface area (Å²) in [5, 5.41) is 5.81. The van der Waals surface area contributed by atoms with Crippen LogP contribution < -0.4 is 5.32 Å². The summed E-state index contributed by atoms with van der Waals surface area (Å²) in [6, 6.07) is 2.88. The molecule has 0 saturated heterocycles. The highest BCUT2D eigenvalue weighted by molar-refractivity contribution is 7.10. The molecule has 0 amide bonds. The number of thiophene rings is 1. The molecule has 108 valence electrons. The molecular weight excluding hydrogens is 250 g/mol. The normalized spacial score (nSPS) is 26.4. The fourth-order valence-corrected chi connectivity index (χ4v) is 4.43. The first-order chi connectivity index (χ1) is 8.93. The Balaban J connectivity index is 2.02. The van der Waals surface area contributed by atoms with Crippen molar-refractivity contribution in [1.82, 2.24) is 5.32 Å². The topological polar surface area (TPSA) is 12.0 Å². The number of hydrogen-bond donors (Lipinski definition) is 1. The number of rotatable bonds is 3. The van der Waals surface area contributed by atoms with Crippen LogP contribution in [0.2, 0.25) is 0 Å². The van der Waals surface area contributed by atoms with Gasteiger partial charge in [-0.15, -0.1) is 11.3 Å². The molecule has 1 atom stereocenters. The average molecular weight is 279 g/mol. The summed E-state index contributed by atoms with van der Waals surface area (Å²) < 4.78 is 0. The van der Waals surface area contributed by atoms with E-state index >= 15 is 0 Å². The van der Waals surface area contributed by atoms with E-state index in [4.69, 9.17) is 0 Å². The second kappa shape index (κ2) is 5.97. The molecule has 1 aliphatic carbocycles. The third-order valence-corrected chi connectivity index (χ3v) is 5.87. The number of aryl methyl sites for hydroxylation is 1.